The summed E-state index contributed by atoms with van der Waals surface area (Å²) < 4.78 is 4.97. The molecule has 3 rings (SSSR count). The predicted octanol–water partition coefficient (Wildman–Crippen LogP) is 4.04. The van der Waals surface area contributed by atoms with E-state index in [-0.39, 0.29) is 29.0 Å². The fraction of sp³-hybridized carbons (Fsp3) is 0.440. The number of anilines is 3. The van der Waals surface area contributed by atoms with E-state index in [9.17, 15) is 14.4 Å². The largest absolute Gasteiger partial charge is 0.364 e. The molecule has 3 N–H and O–H groups in total. The van der Waals surface area contributed by atoms with E-state index in [2.05, 4.69) is 20.9 Å². The molecule has 0 fully saturated rings. The van der Waals surface area contributed by atoms with Gasteiger partial charge in [0.2, 0.25) is 5.82 Å². The molecule has 2 amide bonds. The van der Waals surface area contributed by atoms with Crippen LogP contribution in [0.15, 0.2) is 30.7 Å². The summed E-state index contributed by atoms with van der Waals surface area (Å²) >= 11 is 0. The van der Waals surface area contributed by atoms with Gasteiger partial charge in [-0.05, 0) is 32.9 Å². The topological polar surface area (TPSA) is 115 Å². The third-order valence-corrected chi connectivity index (χ3v) is 5.25. The number of hydrogen-bond acceptors (Lipinski definition) is 5. The van der Waals surface area contributed by atoms with Gasteiger partial charge in [-0.1, -0.05) is 20.8 Å². The Morgan fingerprint density at radius 3 is 1.80 bits per heavy atom. The van der Waals surface area contributed by atoms with E-state index in [0.29, 0.717) is 28.6 Å². The third-order valence-electron chi connectivity index (χ3n) is 5.25. The summed E-state index contributed by atoms with van der Waals surface area (Å²) in [7, 11) is 5.24. The third kappa shape index (κ3) is 6.00. The molecule has 0 saturated carbocycles. The standard InChI is InChI=1S/C25H35N7O3/c1-24(2,3)20(33)17-10-15(12-30(17)7)26-22(34)18-11-16(13-31(18)8)27-23(35)21-28-19(14-32(21)9)29-25(4,5)6/h10-14,29H,1-9H3,(H,26,34)(H,27,35). The molecule has 3 aromatic rings. The molecule has 0 saturated heterocycles. The van der Waals surface area contributed by atoms with E-state index in [1.54, 1.807) is 65.6 Å². The first kappa shape index (κ1) is 25.8. The van der Waals surface area contributed by atoms with Gasteiger partial charge in [-0.25, -0.2) is 4.98 Å². The summed E-state index contributed by atoms with van der Waals surface area (Å²) in [4.78, 5) is 42.7. The molecule has 0 aliphatic rings. The molecule has 0 aromatic carbocycles. The van der Waals surface area contributed by atoms with Crippen LogP contribution in [-0.2, 0) is 21.1 Å². The van der Waals surface area contributed by atoms with Crippen molar-refractivity contribution in [1.82, 2.24) is 18.7 Å². The summed E-state index contributed by atoms with van der Waals surface area (Å²) in [5.41, 5.74) is 1.13. The van der Waals surface area contributed by atoms with Gasteiger partial charge in [0.1, 0.15) is 11.5 Å². The summed E-state index contributed by atoms with van der Waals surface area (Å²) in [6, 6.07) is 3.26. The van der Waals surface area contributed by atoms with Crippen molar-refractivity contribution in [2.45, 2.75) is 47.1 Å². The van der Waals surface area contributed by atoms with Crippen molar-refractivity contribution in [3.63, 3.8) is 0 Å². The number of Topliss-reactive ketones (excluding diaryl/α,β-unsaturated/α-hetero) is 1. The van der Waals surface area contributed by atoms with Crippen molar-refractivity contribution in [3.05, 3.63) is 47.9 Å². The van der Waals surface area contributed by atoms with Crippen LogP contribution in [0.25, 0.3) is 0 Å². The van der Waals surface area contributed by atoms with Gasteiger partial charge < -0.3 is 29.7 Å². The Morgan fingerprint density at radius 1 is 0.743 bits per heavy atom. The number of amides is 2. The number of carbonyl (C=O) groups excluding carboxylic acids is 3. The fourth-order valence-electron chi connectivity index (χ4n) is 3.61. The van der Waals surface area contributed by atoms with Crippen molar-refractivity contribution in [2.24, 2.45) is 26.6 Å². The van der Waals surface area contributed by atoms with Gasteiger partial charge in [0.25, 0.3) is 11.8 Å². The smallest absolute Gasteiger partial charge is 0.291 e. The second-order valence-corrected chi connectivity index (χ2v) is 10.9. The van der Waals surface area contributed by atoms with Gasteiger partial charge in [-0.2, -0.15) is 0 Å². The van der Waals surface area contributed by atoms with Crippen LogP contribution in [0.3, 0.4) is 0 Å². The summed E-state index contributed by atoms with van der Waals surface area (Å²) in [5, 5.41) is 8.87. The molecule has 0 aliphatic heterocycles. The minimum absolute atomic E-state index is 0.0143. The molecule has 35 heavy (non-hydrogen) atoms. The molecule has 0 spiro atoms. The molecule has 3 heterocycles. The number of ketones is 1. The number of nitrogens with one attached hydrogen (secondary N) is 3. The molecule has 10 heteroatoms. The van der Waals surface area contributed by atoms with Crippen LogP contribution < -0.4 is 16.0 Å². The lowest BCUT2D eigenvalue weighted by Gasteiger charge is -2.19. The van der Waals surface area contributed by atoms with E-state index in [1.165, 1.54) is 0 Å². The zero-order chi connectivity index (χ0) is 26.3. The van der Waals surface area contributed by atoms with Crippen LogP contribution in [0.1, 0.15) is 73.1 Å². The Bertz CT molecular complexity index is 1280. The minimum atomic E-state index is -0.532. The highest BCUT2D eigenvalue weighted by molar-refractivity contribution is 6.07. The summed E-state index contributed by atoms with van der Waals surface area (Å²) in [6.07, 6.45) is 5.11. The van der Waals surface area contributed by atoms with Gasteiger partial charge >= 0.3 is 0 Å². The number of aromatic nitrogens is 4. The van der Waals surface area contributed by atoms with Crippen LogP contribution in [0.5, 0.6) is 0 Å². The average Bonchev–Trinajstić information content (AvgIpc) is 3.35. The first-order valence-electron chi connectivity index (χ1n) is 11.4. The average molecular weight is 482 g/mol. The first-order valence-corrected chi connectivity index (χ1v) is 11.4. The van der Waals surface area contributed by atoms with Crippen LogP contribution in [0.4, 0.5) is 17.2 Å². The molecule has 0 aliphatic carbocycles. The van der Waals surface area contributed by atoms with Gasteiger partial charge in [0.15, 0.2) is 5.78 Å². The second-order valence-electron chi connectivity index (χ2n) is 10.9. The zero-order valence-electron chi connectivity index (χ0n) is 21.9. The molecular formula is C25H35N7O3. The van der Waals surface area contributed by atoms with Crippen molar-refractivity contribution in [3.8, 4) is 0 Å². The first-order chi connectivity index (χ1) is 16.0. The maximum absolute atomic E-state index is 12.9. The minimum Gasteiger partial charge on any atom is -0.364 e. The second kappa shape index (κ2) is 9.09. The number of aryl methyl sites for hydroxylation is 3. The number of imidazole rings is 1. The van der Waals surface area contributed by atoms with Crippen LogP contribution in [0.2, 0.25) is 0 Å². The van der Waals surface area contributed by atoms with Crippen LogP contribution >= 0.6 is 0 Å². The Labute approximate surface area is 205 Å². The summed E-state index contributed by atoms with van der Waals surface area (Å²) in [6.45, 7) is 11.6. The Balaban J connectivity index is 1.73. The monoisotopic (exact) mass is 481 g/mol. The van der Waals surface area contributed by atoms with E-state index in [0.717, 1.165) is 0 Å². The SMILES string of the molecule is Cn1cc(NC(=O)c2nc(NC(C)(C)C)cn2C)cc1C(=O)Nc1cc(C(=O)C(C)(C)C)n(C)c1. The summed E-state index contributed by atoms with van der Waals surface area (Å²) in [5.74, 6) is 0.0827. The van der Waals surface area contributed by atoms with Crippen molar-refractivity contribution in [1.29, 1.82) is 0 Å². The molecule has 0 bridgehead atoms. The van der Waals surface area contributed by atoms with E-state index in [4.69, 9.17) is 0 Å². The molecule has 10 nitrogen and oxygen atoms in total. The molecular weight excluding hydrogens is 446 g/mol. The predicted molar refractivity (Wildman–Crippen MR) is 137 cm³/mol. The Kier molecular flexibility index (Phi) is 6.70. The van der Waals surface area contributed by atoms with Crippen LogP contribution in [0, 0.1) is 5.41 Å². The lowest BCUT2D eigenvalue weighted by Crippen LogP contribution is -2.26. The van der Waals surface area contributed by atoms with Gasteiger partial charge in [-0.3, -0.25) is 14.4 Å². The Morgan fingerprint density at radius 2 is 1.26 bits per heavy atom. The normalized spacial score (nSPS) is 11.9. The number of hydrogen-bond donors (Lipinski definition) is 3. The van der Waals surface area contributed by atoms with Gasteiger partial charge in [0, 0.05) is 50.7 Å². The van der Waals surface area contributed by atoms with E-state index >= 15 is 0 Å². The number of rotatable bonds is 6. The molecule has 0 radical (unpaired) electrons. The van der Waals surface area contributed by atoms with Crippen molar-refractivity contribution < 1.29 is 14.4 Å². The molecule has 0 atom stereocenters. The zero-order valence-corrected chi connectivity index (χ0v) is 21.9. The van der Waals surface area contributed by atoms with Gasteiger partial charge in [0.05, 0.1) is 17.1 Å². The van der Waals surface area contributed by atoms with E-state index < -0.39 is 5.41 Å². The molecule has 0 unspecified atom stereocenters. The highest BCUT2D eigenvalue weighted by Gasteiger charge is 2.26. The quantitative estimate of drug-likeness (QED) is 0.460. The van der Waals surface area contributed by atoms with E-state index in [1.807, 2.05) is 41.5 Å². The highest BCUT2D eigenvalue weighted by atomic mass is 16.2. The number of nitrogens with zero attached hydrogens (tertiary/aromatic N) is 4. The lowest BCUT2D eigenvalue weighted by atomic mass is 9.89. The van der Waals surface area contributed by atoms with Crippen LogP contribution in [-0.4, -0.2) is 41.8 Å². The fourth-order valence-corrected chi connectivity index (χ4v) is 3.61. The van der Waals surface area contributed by atoms with Crippen molar-refractivity contribution in [2.75, 3.05) is 16.0 Å². The van der Waals surface area contributed by atoms with Gasteiger partial charge in [-0.15, -0.1) is 0 Å². The highest BCUT2D eigenvalue weighted by Crippen LogP contribution is 2.24. The van der Waals surface area contributed by atoms with Crippen molar-refractivity contribution >= 4 is 34.8 Å². The molecule has 188 valence electrons. The maximum atomic E-state index is 12.9. The Hall–Kier alpha value is -3.82. The number of carbonyl (C=O) groups is 3. The maximum Gasteiger partial charge on any atom is 0.291 e. The molecule has 3 aromatic heterocycles. The lowest BCUT2D eigenvalue weighted by molar-refractivity contribution is 0.0849.